The minimum absolute atomic E-state index is 0.0153. The molecule has 3 aromatic rings. The molecule has 0 aliphatic heterocycles. The van der Waals surface area contributed by atoms with Crippen LogP contribution in [-0.4, -0.2) is 16.6 Å². The number of nitrogens with one attached hydrogen (secondary N) is 1. The van der Waals surface area contributed by atoms with Crippen molar-refractivity contribution in [1.82, 2.24) is 10.3 Å². The minimum atomic E-state index is -4.37. The molecule has 7 heteroatoms. The van der Waals surface area contributed by atoms with Crippen LogP contribution >= 0.6 is 11.3 Å². The fraction of sp³-hybridized carbons (Fsp3) is 0.278. The van der Waals surface area contributed by atoms with Crippen LogP contribution in [0.3, 0.4) is 0 Å². The molecule has 2 atom stereocenters. The van der Waals surface area contributed by atoms with Gasteiger partial charge in [-0.2, -0.15) is 13.2 Å². The first-order valence-corrected chi connectivity index (χ1v) is 8.58. The van der Waals surface area contributed by atoms with Crippen molar-refractivity contribution in [2.75, 3.05) is 6.54 Å². The standard InChI is InChI=1S/C18H17F3N2OS/c1-11(16-8-13-6-7-22-10-17(13)25-16)23-9-15(24)12-2-4-14(5-3-12)18(19,20)21/h2-8,10-11,15,23-24H,9H2,1H3. The molecule has 0 spiro atoms. The number of aliphatic hydroxyl groups excluding tert-OH is 1. The third kappa shape index (κ3) is 4.18. The maximum atomic E-state index is 12.6. The summed E-state index contributed by atoms with van der Waals surface area (Å²) in [5, 5.41) is 14.5. The van der Waals surface area contributed by atoms with Crippen molar-refractivity contribution < 1.29 is 18.3 Å². The zero-order valence-electron chi connectivity index (χ0n) is 13.4. The molecular weight excluding hydrogens is 349 g/mol. The molecule has 3 nitrogen and oxygen atoms in total. The van der Waals surface area contributed by atoms with Crippen molar-refractivity contribution in [3.05, 3.63) is 64.8 Å². The van der Waals surface area contributed by atoms with Gasteiger partial charge in [-0.05, 0) is 42.1 Å². The first-order chi connectivity index (χ1) is 11.8. The van der Waals surface area contributed by atoms with E-state index in [0.717, 1.165) is 27.1 Å². The van der Waals surface area contributed by atoms with E-state index in [2.05, 4.69) is 16.4 Å². The van der Waals surface area contributed by atoms with Gasteiger partial charge in [-0.25, -0.2) is 0 Å². The van der Waals surface area contributed by atoms with E-state index in [1.165, 1.54) is 12.1 Å². The summed E-state index contributed by atoms with van der Waals surface area (Å²) in [5.74, 6) is 0. The number of hydrogen-bond donors (Lipinski definition) is 2. The van der Waals surface area contributed by atoms with Gasteiger partial charge >= 0.3 is 6.18 Å². The summed E-state index contributed by atoms with van der Waals surface area (Å²) in [6, 6.07) is 8.63. The van der Waals surface area contributed by atoms with Crippen molar-refractivity contribution in [1.29, 1.82) is 0 Å². The van der Waals surface area contributed by atoms with Gasteiger partial charge in [0, 0.05) is 29.9 Å². The molecule has 2 heterocycles. The molecule has 0 amide bonds. The zero-order chi connectivity index (χ0) is 18.0. The van der Waals surface area contributed by atoms with Gasteiger partial charge in [0.15, 0.2) is 0 Å². The Morgan fingerprint density at radius 2 is 1.92 bits per heavy atom. The van der Waals surface area contributed by atoms with E-state index >= 15 is 0 Å². The molecule has 2 aromatic heterocycles. The summed E-state index contributed by atoms with van der Waals surface area (Å²) in [5.41, 5.74) is -0.267. The molecule has 0 radical (unpaired) electrons. The number of thiophene rings is 1. The smallest absolute Gasteiger partial charge is 0.387 e. The summed E-state index contributed by atoms with van der Waals surface area (Å²) in [7, 11) is 0. The van der Waals surface area contributed by atoms with Gasteiger partial charge in [0.25, 0.3) is 0 Å². The van der Waals surface area contributed by atoms with E-state index in [1.54, 1.807) is 17.5 Å². The maximum Gasteiger partial charge on any atom is 0.416 e. The van der Waals surface area contributed by atoms with E-state index in [-0.39, 0.29) is 12.6 Å². The average Bonchev–Trinajstić information content (AvgIpc) is 3.03. The van der Waals surface area contributed by atoms with E-state index < -0.39 is 17.8 Å². The lowest BCUT2D eigenvalue weighted by Crippen LogP contribution is -2.24. The lowest BCUT2D eigenvalue weighted by Gasteiger charge is -2.17. The van der Waals surface area contributed by atoms with E-state index in [1.807, 2.05) is 19.2 Å². The monoisotopic (exact) mass is 366 g/mol. The number of aromatic nitrogens is 1. The van der Waals surface area contributed by atoms with Crippen LogP contribution in [-0.2, 0) is 6.18 Å². The largest absolute Gasteiger partial charge is 0.416 e. The van der Waals surface area contributed by atoms with Crippen LogP contribution in [0.1, 0.15) is 35.1 Å². The minimum Gasteiger partial charge on any atom is -0.387 e. The van der Waals surface area contributed by atoms with Crippen LogP contribution < -0.4 is 5.32 Å². The fourth-order valence-corrected chi connectivity index (χ4v) is 3.58. The molecule has 0 bridgehead atoms. The Balaban J connectivity index is 1.62. The van der Waals surface area contributed by atoms with E-state index in [4.69, 9.17) is 0 Å². The van der Waals surface area contributed by atoms with Gasteiger partial charge in [0.1, 0.15) is 0 Å². The molecule has 0 aliphatic rings. The van der Waals surface area contributed by atoms with Crippen LogP contribution in [0.5, 0.6) is 0 Å². The van der Waals surface area contributed by atoms with Crippen LogP contribution in [0.25, 0.3) is 10.1 Å². The quantitative estimate of drug-likeness (QED) is 0.688. The molecule has 2 N–H and O–H groups in total. The normalized spacial score (nSPS) is 14.6. The van der Waals surface area contributed by atoms with Crippen molar-refractivity contribution in [2.45, 2.75) is 25.2 Å². The maximum absolute atomic E-state index is 12.6. The van der Waals surface area contributed by atoms with Crippen LogP contribution in [0.15, 0.2) is 48.8 Å². The van der Waals surface area contributed by atoms with Crippen molar-refractivity contribution >= 4 is 21.4 Å². The average molecular weight is 366 g/mol. The molecule has 132 valence electrons. The van der Waals surface area contributed by atoms with Gasteiger partial charge in [-0.15, -0.1) is 11.3 Å². The number of hydrogen-bond acceptors (Lipinski definition) is 4. The Morgan fingerprint density at radius 3 is 2.56 bits per heavy atom. The predicted molar refractivity (Wildman–Crippen MR) is 92.4 cm³/mol. The number of benzene rings is 1. The number of rotatable bonds is 5. The highest BCUT2D eigenvalue weighted by Crippen LogP contribution is 2.31. The molecule has 0 fully saturated rings. The zero-order valence-corrected chi connectivity index (χ0v) is 14.2. The highest BCUT2D eigenvalue weighted by Gasteiger charge is 2.30. The van der Waals surface area contributed by atoms with Crippen LogP contribution in [0, 0.1) is 0 Å². The van der Waals surface area contributed by atoms with Gasteiger partial charge in [-0.1, -0.05) is 12.1 Å². The third-order valence-corrected chi connectivity index (χ3v) is 5.28. The summed E-state index contributed by atoms with van der Waals surface area (Å²) in [6.07, 6.45) is -1.69. The molecular formula is C18H17F3N2OS. The van der Waals surface area contributed by atoms with Crippen LogP contribution in [0.2, 0.25) is 0 Å². The Hall–Kier alpha value is -1.96. The van der Waals surface area contributed by atoms with Crippen molar-refractivity contribution in [2.24, 2.45) is 0 Å². The highest BCUT2D eigenvalue weighted by molar-refractivity contribution is 7.19. The lowest BCUT2D eigenvalue weighted by atomic mass is 10.1. The summed E-state index contributed by atoms with van der Waals surface area (Å²) < 4.78 is 38.8. The lowest BCUT2D eigenvalue weighted by molar-refractivity contribution is -0.137. The molecule has 2 unspecified atom stereocenters. The first kappa shape index (κ1) is 17.8. The molecule has 0 saturated carbocycles. The second-order valence-electron chi connectivity index (χ2n) is 5.83. The van der Waals surface area contributed by atoms with Crippen molar-refractivity contribution in [3.63, 3.8) is 0 Å². The first-order valence-electron chi connectivity index (χ1n) is 7.76. The molecule has 0 saturated heterocycles. The fourth-order valence-electron chi connectivity index (χ4n) is 2.52. The van der Waals surface area contributed by atoms with E-state index in [0.29, 0.717) is 5.56 Å². The Bertz CT molecular complexity index is 812. The summed E-state index contributed by atoms with van der Waals surface area (Å²) in [4.78, 5) is 5.21. The van der Waals surface area contributed by atoms with Gasteiger partial charge in [0.05, 0.1) is 16.4 Å². The number of fused-ring (bicyclic) bond motifs is 1. The summed E-state index contributed by atoms with van der Waals surface area (Å²) >= 11 is 1.63. The number of alkyl halides is 3. The number of pyridine rings is 1. The molecule has 1 aromatic carbocycles. The SMILES string of the molecule is CC(NCC(O)c1ccc(C(F)(F)F)cc1)c1cc2ccncc2s1. The second kappa shape index (κ2) is 7.11. The molecule has 3 rings (SSSR count). The number of aliphatic hydroxyl groups is 1. The Kier molecular flexibility index (Phi) is 5.08. The molecule has 0 aliphatic carbocycles. The van der Waals surface area contributed by atoms with Gasteiger partial charge in [0.2, 0.25) is 0 Å². The highest BCUT2D eigenvalue weighted by atomic mass is 32.1. The number of nitrogens with zero attached hydrogens (tertiary/aromatic N) is 1. The molecule has 25 heavy (non-hydrogen) atoms. The Morgan fingerprint density at radius 1 is 1.20 bits per heavy atom. The third-order valence-electron chi connectivity index (χ3n) is 4.01. The second-order valence-corrected chi connectivity index (χ2v) is 6.94. The van der Waals surface area contributed by atoms with Gasteiger partial charge in [-0.3, -0.25) is 4.98 Å². The van der Waals surface area contributed by atoms with Crippen molar-refractivity contribution in [3.8, 4) is 0 Å². The Labute approximate surface area is 147 Å². The number of halogens is 3. The van der Waals surface area contributed by atoms with Crippen LogP contribution in [0.4, 0.5) is 13.2 Å². The summed E-state index contributed by atoms with van der Waals surface area (Å²) in [6.45, 7) is 2.23. The predicted octanol–water partition coefficient (Wildman–Crippen LogP) is 4.70. The van der Waals surface area contributed by atoms with E-state index in [9.17, 15) is 18.3 Å². The topological polar surface area (TPSA) is 45.1 Å². The van der Waals surface area contributed by atoms with Gasteiger partial charge < -0.3 is 10.4 Å².